The third-order valence-electron chi connectivity index (χ3n) is 5.79. The zero-order chi connectivity index (χ0) is 17.9. The van der Waals surface area contributed by atoms with Gasteiger partial charge in [0, 0.05) is 49.7 Å². The van der Waals surface area contributed by atoms with Crippen molar-refractivity contribution >= 4 is 5.82 Å². The molecule has 2 aliphatic heterocycles. The van der Waals surface area contributed by atoms with E-state index in [0.29, 0.717) is 11.6 Å². The van der Waals surface area contributed by atoms with E-state index in [1.54, 1.807) is 6.20 Å². The molecule has 4 heterocycles. The van der Waals surface area contributed by atoms with Gasteiger partial charge in [-0.25, -0.2) is 4.98 Å². The van der Waals surface area contributed by atoms with Gasteiger partial charge in [-0.1, -0.05) is 6.07 Å². The molecule has 5 heteroatoms. The second kappa shape index (κ2) is 7.43. The van der Waals surface area contributed by atoms with Crippen LogP contribution < -0.4 is 4.90 Å². The Morgan fingerprint density at radius 1 is 1.19 bits per heavy atom. The summed E-state index contributed by atoms with van der Waals surface area (Å²) < 4.78 is 0. The minimum atomic E-state index is 0.558. The van der Waals surface area contributed by atoms with E-state index in [0.717, 1.165) is 43.5 Å². The van der Waals surface area contributed by atoms with Crippen molar-refractivity contribution in [2.24, 2.45) is 5.92 Å². The first-order valence-corrected chi connectivity index (χ1v) is 9.51. The van der Waals surface area contributed by atoms with Gasteiger partial charge >= 0.3 is 0 Å². The Labute approximate surface area is 155 Å². The minimum Gasteiger partial charge on any atom is -0.354 e. The van der Waals surface area contributed by atoms with E-state index >= 15 is 0 Å². The second-order valence-corrected chi connectivity index (χ2v) is 7.39. The number of nitriles is 1. The Morgan fingerprint density at radius 2 is 2.08 bits per heavy atom. The topological polar surface area (TPSA) is 56.0 Å². The zero-order valence-electron chi connectivity index (χ0n) is 15.3. The molecule has 5 nitrogen and oxygen atoms in total. The summed E-state index contributed by atoms with van der Waals surface area (Å²) >= 11 is 0. The molecule has 0 aliphatic carbocycles. The fraction of sp³-hybridized carbons (Fsp3) is 0.476. The van der Waals surface area contributed by atoms with Crippen LogP contribution in [-0.4, -0.2) is 47.1 Å². The molecule has 26 heavy (non-hydrogen) atoms. The predicted molar refractivity (Wildman–Crippen MR) is 102 cm³/mol. The fourth-order valence-electron chi connectivity index (χ4n) is 4.43. The van der Waals surface area contributed by atoms with Crippen LogP contribution in [-0.2, 0) is 6.42 Å². The first-order valence-electron chi connectivity index (χ1n) is 9.51. The largest absolute Gasteiger partial charge is 0.354 e. The molecule has 2 aliphatic rings. The Balaban J connectivity index is 1.44. The molecule has 0 N–H and O–H groups in total. The Bertz CT molecular complexity index is 812. The van der Waals surface area contributed by atoms with Crippen molar-refractivity contribution in [2.75, 3.05) is 31.1 Å². The molecule has 2 fully saturated rings. The SMILES string of the molecule is Cc1cccc(CCN2CCC3CCN(c4ncccc4C#N)CC32)n1. The van der Waals surface area contributed by atoms with Crippen molar-refractivity contribution in [3.05, 3.63) is 53.5 Å². The van der Waals surface area contributed by atoms with Gasteiger partial charge in [-0.3, -0.25) is 9.88 Å². The van der Waals surface area contributed by atoms with E-state index in [-0.39, 0.29) is 0 Å². The van der Waals surface area contributed by atoms with Crippen LogP contribution in [0.3, 0.4) is 0 Å². The molecule has 134 valence electrons. The van der Waals surface area contributed by atoms with Crippen molar-refractivity contribution < 1.29 is 0 Å². The summed E-state index contributed by atoms with van der Waals surface area (Å²) in [5.74, 6) is 1.62. The summed E-state index contributed by atoms with van der Waals surface area (Å²) in [6, 6.07) is 12.8. The second-order valence-electron chi connectivity index (χ2n) is 7.39. The van der Waals surface area contributed by atoms with E-state index in [1.165, 1.54) is 25.1 Å². The van der Waals surface area contributed by atoms with Crippen LogP contribution in [0.2, 0.25) is 0 Å². The van der Waals surface area contributed by atoms with Gasteiger partial charge in [0.05, 0.1) is 5.56 Å². The van der Waals surface area contributed by atoms with E-state index in [1.807, 2.05) is 25.1 Å². The summed E-state index contributed by atoms with van der Waals surface area (Å²) in [5.41, 5.74) is 2.95. The third-order valence-corrected chi connectivity index (χ3v) is 5.79. The van der Waals surface area contributed by atoms with Crippen LogP contribution >= 0.6 is 0 Å². The summed E-state index contributed by atoms with van der Waals surface area (Å²) in [7, 11) is 0. The summed E-state index contributed by atoms with van der Waals surface area (Å²) in [5, 5.41) is 9.39. The molecule has 0 amide bonds. The Hall–Kier alpha value is -2.45. The van der Waals surface area contributed by atoms with Crippen LogP contribution in [0.15, 0.2) is 36.5 Å². The normalized spacial score (nSPS) is 22.8. The number of aryl methyl sites for hydroxylation is 1. The van der Waals surface area contributed by atoms with Crippen LogP contribution in [0.5, 0.6) is 0 Å². The number of likely N-dealkylation sites (tertiary alicyclic amines) is 1. The highest BCUT2D eigenvalue weighted by Gasteiger charge is 2.38. The number of piperidine rings is 1. The standard InChI is InChI=1S/C21H25N5/c1-16-4-2-6-19(24-16)9-13-25-11-7-17-8-12-26(15-20(17)25)21-18(14-22)5-3-10-23-21/h2-6,10,17,20H,7-9,11-13,15H2,1H3. The number of hydrogen-bond acceptors (Lipinski definition) is 5. The van der Waals surface area contributed by atoms with E-state index in [9.17, 15) is 5.26 Å². The van der Waals surface area contributed by atoms with Crippen molar-refractivity contribution in [3.63, 3.8) is 0 Å². The molecular weight excluding hydrogens is 322 g/mol. The van der Waals surface area contributed by atoms with Gasteiger partial charge in [-0.05, 0) is 56.5 Å². The van der Waals surface area contributed by atoms with E-state index in [4.69, 9.17) is 0 Å². The highest BCUT2D eigenvalue weighted by Crippen LogP contribution is 2.33. The van der Waals surface area contributed by atoms with Gasteiger partial charge in [0.2, 0.25) is 0 Å². The summed E-state index contributed by atoms with van der Waals surface area (Å²) in [6.45, 7) is 6.24. The smallest absolute Gasteiger partial charge is 0.146 e. The number of pyridine rings is 2. The first-order chi connectivity index (χ1) is 12.7. The molecular formula is C21H25N5. The number of fused-ring (bicyclic) bond motifs is 1. The van der Waals surface area contributed by atoms with Crippen LogP contribution in [0, 0.1) is 24.2 Å². The first kappa shape index (κ1) is 17.0. The maximum atomic E-state index is 9.39. The zero-order valence-corrected chi connectivity index (χ0v) is 15.3. The van der Waals surface area contributed by atoms with Crippen LogP contribution in [0.25, 0.3) is 0 Å². The molecule has 4 rings (SSSR count). The van der Waals surface area contributed by atoms with Gasteiger partial charge in [0.1, 0.15) is 11.9 Å². The lowest BCUT2D eigenvalue weighted by atomic mass is 9.92. The van der Waals surface area contributed by atoms with Gasteiger partial charge in [0.25, 0.3) is 0 Å². The fourth-order valence-corrected chi connectivity index (χ4v) is 4.43. The molecule has 2 aromatic rings. The highest BCUT2D eigenvalue weighted by molar-refractivity contribution is 5.54. The number of nitrogens with zero attached hydrogens (tertiary/aromatic N) is 5. The van der Waals surface area contributed by atoms with Crippen molar-refractivity contribution in [2.45, 2.75) is 32.2 Å². The highest BCUT2D eigenvalue weighted by atomic mass is 15.3. The monoisotopic (exact) mass is 347 g/mol. The molecule has 2 aromatic heterocycles. The minimum absolute atomic E-state index is 0.558. The molecule has 0 spiro atoms. The lowest BCUT2D eigenvalue weighted by Gasteiger charge is -2.39. The molecule has 2 atom stereocenters. The van der Waals surface area contributed by atoms with Gasteiger partial charge in [-0.2, -0.15) is 5.26 Å². The average Bonchev–Trinajstić information content (AvgIpc) is 3.08. The molecule has 0 saturated carbocycles. The molecule has 0 bridgehead atoms. The number of anilines is 1. The Kier molecular flexibility index (Phi) is 4.85. The summed E-state index contributed by atoms with van der Waals surface area (Å²) in [4.78, 5) is 14.1. The van der Waals surface area contributed by atoms with Crippen molar-refractivity contribution in [1.82, 2.24) is 14.9 Å². The molecule has 2 unspecified atom stereocenters. The van der Waals surface area contributed by atoms with Crippen LogP contribution in [0.4, 0.5) is 5.82 Å². The van der Waals surface area contributed by atoms with E-state index in [2.05, 4.69) is 38.0 Å². The van der Waals surface area contributed by atoms with Crippen LogP contribution in [0.1, 0.15) is 29.8 Å². The number of hydrogen-bond donors (Lipinski definition) is 0. The predicted octanol–water partition coefficient (Wildman–Crippen LogP) is 2.80. The Morgan fingerprint density at radius 3 is 2.92 bits per heavy atom. The third kappa shape index (κ3) is 3.42. The molecule has 2 saturated heterocycles. The number of aromatic nitrogens is 2. The molecule has 0 aromatic carbocycles. The van der Waals surface area contributed by atoms with Gasteiger partial charge in [-0.15, -0.1) is 0 Å². The maximum Gasteiger partial charge on any atom is 0.146 e. The molecule has 0 radical (unpaired) electrons. The summed E-state index contributed by atoms with van der Waals surface area (Å²) in [6.07, 6.45) is 5.26. The average molecular weight is 347 g/mol. The van der Waals surface area contributed by atoms with Crippen molar-refractivity contribution in [3.8, 4) is 6.07 Å². The number of rotatable bonds is 4. The van der Waals surface area contributed by atoms with Gasteiger partial charge in [0.15, 0.2) is 0 Å². The quantitative estimate of drug-likeness (QED) is 0.851. The maximum absolute atomic E-state index is 9.39. The lowest BCUT2D eigenvalue weighted by molar-refractivity contribution is 0.209. The lowest BCUT2D eigenvalue weighted by Crippen LogP contribution is -2.49. The van der Waals surface area contributed by atoms with E-state index < -0.39 is 0 Å². The van der Waals surface area contributed by atoms with Gasteiger partial charge < -0.3 is 4.90 Å². The van der Waals surface area contributed by atoms with Crippen molar-refractivity contribution in [1.29, 1.82) is 5.26 Å².